The molecule has 0 bridgehead atoms. The zero-order valence-electron chi connectivity index (χ0n) is 14.4. The quantitative estimate of drug-likeness (QED) is 0.670. The Morgan fingerprint density at radius 3 is 2.44 bits per heavy atom. The van der Waals surface area contributed by atoms with Crippen LogP contribution in [0.2, 0.25) is 0 Å². The van der Waals surface area contributed by atoms with Gasteiger partial charge in [0.15, 0.2) is 0 Å². The second kappa shape index (κ2) is 7.81. The molecule has 0 radical (unpaired) electrons. The Morgan fingerprint density at radius 1 is 1.04 bits per heavy atom. The first-order valence-electron chi connectivity index (χ1n) is 8.23. The largest absolute Gasteiger partial charge is 0.465 e. The third-order valence-electron chi connectivity index (χ3n) is 4.13. The first-order valence-corrected chi connectivity index (χ1v) is 8.23. The van der Waals surface area contributed by atoms with Crippen molar-refractivity contribution in [1.82, 2.24) is 5.32 Å². The zero-order chi connectivity index (χ0) is 17.6. The van der Waals surface area contributed by atoms with Gasteiger partial charge in [0.25, 0.3) is 0 Å². The van der Waals surface area contributed by atoms with E-state index in [2.05, 4.69) is 24.4 Å². The van der Waals surface area contributed by atoms with E-state index < -0.39 is 0 Å². The maximum Gasteiger partial charge on any atom is 0.337 e. The van der Waals surface area contributed by atoms with E-state index in [1.807, 2.05) is 42.5 Å². The molecule has 0 fully saturated rings. The molecule has 1 atom stereocenters. The first kappa shape index (κ1) is 17.0. The van der Waals surface area contributed by atoms with E-state index in [4.69, 9.17) is 9.15 Å². The molecule has 1 heterocycles. The van der Waals surface area contributed by atoms with Gasteiger partial charge in [0, 0.05) is 11.6 Å². The molecular formula is C21H21NO3. The molecule has 128 valence electrons. The number of rotatable bonds is 6. The lowest BCUT2D eigenvalue weighted by atomic mass is 10.1. The molecule has 0 aliphatic carbocycles. The number of ether oxygens (including phenoxy) is 1. The van der Waals surface area contributed by atoms with Crippen molar-refractivity contribution in [1.29, 1.82) is 0 Å². The predicted molar refractivity (Wildman–Crippen MR) is 97.2 cm³/mol. The Kier molecular flexibility index (Phi) is 5.31. The van der Waals surface area contributed by atoms with Crippen molar-refractivity contribution in [3.63, 3.8) is 0 Å². The summed E-state index contributed by atoms with van der Waals surface area (Å²) in [6.07, 6.45) is 0. The normalized spacial score (nSPS) is 11.9. The highest BCUT2D eigenvalue weighted by molar-refractivity contribution is 5.89. The van der Waals surface area contributed by atoms with E-state index >= 15 is 0 Å². The number of benzene rings is 2. The molecule has 4 heteroatoms. The third-order valence-corrected chi connectivity index (χ3v) is 4.13. The molecular weight excluding hydrogens is 314 g/mol. The fraction of sp³-hybridized carbons (Fsp3) is 0.190. The molecule has 0 aliphatic rings. The monoisotopic (exact) mass is 335 g/mol. The molecule has 3 rings (SSSR count). The van der Waals surface area contributed by atoms with Gasteiger partial charge >= 0.3 is 5.97 Å². The van der Waals surface area contributed by atoms with Gasteiger partial charge in [0.1, 0.15) is 11.5 Å². The summed E-state index contributed by atoms with van der Waals surface area (Å²) in [6, 6.07) is 21.6. The van der Waals surface area contributed by atoms with Crippen LogP contribution >= 0.6 is 0 Å². The molecule has 0 unspecified atom stereocenters. The molecule has 25 heavy (non-hydrogen) atoms. The topological polar surface area (TPSA) is 51.5 Å². The van der Waals surface area contributed by atoms with Crippen molar-refractivity contribution in [3.05, 3.63) is 83.6 Å². The minimum atomic E-state index is -0.342. The van der Waals surface area contributed by atoms with Crippen LogP contribution < -0.4 is 5.32 Å². The summed E-state index contributed by atoms with van der Waals surface area (Å²) in [7, 11) is 1.37. The maximum atomic E-state index is 11.5. The summed E-state index contributed by atoms with van der Waals surface area (Å²) < 4.78 is 10.6. The SMILES string of the molecule is COC(=O)c1ccc(-c2ccc(CN[C@H](C)c3ccccc3)o2)cc1. The molecule has 0 spiro atoms. The zero-order valence-corrected chi connectivity index (χ0v) is 14.4. The molecule has 3 aromatic rings. The van der Waals surface area contributed by atoms with Crippen LogP contribution in [0, 0.1) is 0 Å². The van der Waals surface area contributed by atoms with E-state index in [0.717, 1.165) is 17.1 Å². The Balaban J connectivity index is 1.63. The predicted octanol–water partition coefficient (Wildman–Crippen LogP) is 4.58. The molecule has 0 saturated carbocycles. The Hall–Kier alpha value is -2.85. The van der Waals surface area contributed by atoms with E-state index in [-0.39, 0.29) is 12.0 Å². The van der Waals surface area contributed by atoms with Crippen LogP contribution in [0.5, 0.6) is 0 Å². The average molecular weight is 335 g/mol. The number of furan rings is 1. The summed E-state index contributed by atoms with van der Waals surface area (Å²) in [6.45, 7) is 2.78. The lowest BCUT2D eigenvalue weighted by Crippen LogP contribution is -2.17. The van der Waals surface area contributed by atoms with Crippen LogP contribution in [0.4, 0.5) is 0 Å². The fourth-order valence-electron chi connectivity index (χ4n) is 2.63. The number of hydrogen-bond acceptors (Lipinski definition) is 4. The second-order valence-corrected chi connectivity index (χ2v) is 5.85. The minimum Gasteiger partial charge on any atom is -0.465 e. The fourth-order valence-corrected chi connectivity index (χ4v) is 2.63. The number of carbonyl (C=O) groups excluding carboxylic acids is 1. The van der Waals surface area contributed by atoms with Gasteiger partial charge in [0.2, 0.25) is 0 Å². The van der Waals surface area contributed by atoms with Gasteiger partial charge < -0.3 is 14.5 Å². The lowest BCUT2D eigenvalue weighted by molar-refractivity contribution is 0.0600. The van der Waals surface area contributed by atoms with E-state index in [0.29, 0.717) is 12.1 Å². The van der Waals surface area contributed by atoms with Crippen molar-refractivity contribution in [3.8, 4) is 11.3 Å². The number of carbonyl (C=O) groups is 1. The molecule has 0 aliphatic heterocycles. The lowest BCUT2D eigenvalue weighted by Gasteiger charge is -2.12. The summed E-state index contributed by atoms with van der Waals surface area (Å²) in [4.78, 5) is 11.5. The summed E-state index contributed by atoms with van der Waals surface area (Å²) in [5.74, 6) is 1.31. The molecule has 1 N–H and O–H groups in total. The van der Waals surface area contributed by atoms with Crippen LogP contribution in [0.15, 0.2) is 71.1 Å². The third kappa shape index (κ3) is 4.17. The number of esters is 1. The highest BCUT2D eigenvalue weighted by atomic mass is 16.5. The van der Waals surface area contributed by atoms with Gasteiger partial charge in [-0.2, -0.15) is 0 Å². The van der Waals surface area contributed by atoms with E-state index in [1.165, 1.54) is 12.7 Å². The van der Waals surface area contributed by atoms with Gasteiger partial charge in [-0.15, -0.1) is 0 Å². The Morgan fingerprint density at radius 2 is 1.76 bits per heavy atom. The van der Waals surface area contributed by atoms with Crippen LogP contribution in [-0.2, 0) is 11.3 Å². The minimum absolute atomic E-state index is 0.245. The standard InChI is InChI=1S/C21H21NO3/c1-15(16-6-4-3-5-7-16)22-14-19-12-13-20(25-19)17-8-10-18(11-9-17)21(23)24-2/h3-13,15,22H,14H2,1-2H3/t15-/m1/s1. The number of hydrogen-bond donors (Lipinski definition) is 1. The summed E-state index contributed by atoms with van der Waals surface area (Å²) in [5.41, 5.74) is 2.69. The van der Waals surface area contributed by atoms with Crippen molar-refractivity contribution in [2.45, 2.75) is 19.5 Å². The Bertz CT molecular complexity index is 822. The summed E-state index contributed by atoms with van der Waals surface area (Å²) in [5, 5.41) is 3.46. The van der Waals surface area contributed by atoms with Gasteiger partial charge in [-0.25, -0.2) is 4.79 Å². The van der Waals surface area contributed by atoms with Crippen LogP contribution in [0.1, 0.15) is 34.6 Å². The molecule has 4 nitrogen and oxygen atoms in total. The van der Waals surface area contributed by atoms with E-state index in [9.17, 15) is 4.79 Å². The van der Waals surface area contributed by atoms with Crippen molar-refractivity contribution in [2.75, 3.05) is 7.11 Å². The molecule has 1 aromatic heterocycles. The van der Waals surface area contributed by atoms with Crippen molar-refractivity contribution in [2.24, 2.45) is 0 Å². The number of methoxy groups -OCH3 is 1. The Labute approximate surface area is 147 Å². The van der Waals surface area contributed by atoms with Gasteiger partial charge in [-0.3, -0.25) is 0 Å². The van der Waals surface area contributed by atoms with Crippen LogP contribution in [0.3, 0.4) is 0 Å². The maximum absolute atomic E-state index is 11.5. The average Bonchev–Trinajstić information content (AvgIpc) is 3.15. The van der Waals surface area contributed by atoms with Crippen LogP contribution in [0.25, 0.3) is 11.3 Å². The van der Waals surface area contributed by atoms with Gasteiger partial charge in [-0.1, -0.05) is 42.5 Å². The molecule has 0 saturated heterocycles. The highest BCUT2D eigenvalue weighted by Gasteiger charge is 2.09. The van der Waals surface area contributed by atoms with Crippen molar-refractivity contribution >= 4 is 5.97 Å². The van der Waals surface area contributed by atoms with Gasteiger partial charge in [-0.05, 0) is 36.8 Å². The number of nitrogens with one attached hydrogen (secondary N) is 1. The van der Waals surface area contributed by atoms with Crippen LogP contribution in [-0.4, -0.2) is 13.1 Å². The van der Waals surface area contributed by atoms with Gasteiger partial charge in [0.05, 0.1) is 19.2 Å². The second-order valence-electron chi connectivity index (χ2n) is 5.85. The highest BCUT2D eigenvalue weighted by Crippen LogP contribution is 2.23. The van der Waals surface area contributed by atoms with Crippen molar-refractivity contribution < 1.29 is 13.9 Å². The van der Waals surface area contributed by atoms with E-state index in [1.54, 1.807) is 12.1 Å². The summed E-state index contributed by atoms with van der Waals surface area (Å²) >= 11 is 0. The first-order chi connectivity index (χ1) is 12.2. The smallest absolute Gasteiger partial charge is 0.337 e. The molecule has 0 amide bonds. The molecule has 2 aromatic carbocycles.